The molecule has 35 nitrogen and oxygen atoms in total. The second-order valence-electron chi connectivity index (χ2n) is 27.3. The van der Waals surface area contributed by atoms with E-state index in [9.17, 15) is 105 Å². The molecule has 610 valence electrons. The van der Waals surface area contributed by atoms with Gasteiger partial charge in [0.2, 0.25) is 11.5 Å². The van der Waals surface area contributed by atoms with Gasteiger partial charge in [-0.1, -0.05) is 18.6 Å². The quantitative estimate of drug-likeness (QED) is 0.00644. The summed E-state index contributed by atoms with van der Waals surface area (Å²) < 4.78 is 254. The number of ether oxygens (including phenoxy) is 1. The van der Waals surface area contributed by atoms with Crippen LogP contribution in [-0.4, -0.2) is 209 Å². The number of aromatic nitrogens is 3. The number of fused-ring (bicyclic) bond motifs is 8. The number of hydrogen-bond acceptors (Lipinski definition) is 24. The Kier molecular flexibility index (Phi) is 27.1. The number of benzene rings is 5. The van der Waals surface area contributed by atoms with Gasteiger partial charge in [-0.15, -0.1) is 5.06 Å². The molecule has 0 atom stereocenters. The standard InChI is InChI=1S/C70H86N8O27S7/c1-71-58-22-20-52(74(30-7-37-107(85,86)87)31-8-38-108(88,89)90)43-54(58)56-45-62-64(47-60(56)71)103-68(76(62)34-11-41-111(97,98)99)26-16-50(49-14-18-51(19-15-49)73(29-6-36-106(82,83)84)28-5-3-4-13-70(81)105-78-66(79)24-25-67(78)80)17-27-69-77(35-12-42-112(100,101)102)63-46-57-55-44-53(21-23-59(55)72(2)61(57)48-65(63)104-69)75(32-9-39-109(91,92)93)33-10-40-110(94,95)96/h14-23,26-27,43-48H,3-13,24-25,28-42H2,1-2H3,(H6-,82,83,84,85,86,87,88,89,90,91,92,93,94,95,96,97,98,99,100,101,102)/p+1. The van der Waals surface area contributed by atoms with Gasteiger partial charge >= 0.3 is 11.9 Å². The van der Waals surface area contributed by atoms with Crippen molar-refractivity contribution in [2.75, 3.05) is 106 Å². The summed E-state index contributed by atoms with van der Waals surface area (Å²) in [5.41, 5.74) is 6.63. The Morgan fingerprint density at radius 3 is 1.41 bits per heavy atom. The first kappa shape index (κ1) is 85.8. The van der Waals surface area contributed by atoms with Gasteiger partial charge in [-0.3, -0.25) is 41.5 Å². The minimum absolute atomic E-state index is 0.00191. The minimum atomic E-state index is -4.50. The van der Waals surface area contributed by atoms with Crippen molar-refractivity contribution in [1.82, 2.24) is 14.2 Å². The van der Waals surface area contributed by atoms with Crippen molar-refractivity contribution in [1.29, 1.82) is 0 Å². The number of carbonyl (C=O) groups excluding carboxylic acids is 3. The normalized spacial score (nSPS) is 14.7. The van der Waals surface area contributed by atoms with Crippen LogP contribution in [0.1, 0.15) is 94.9 Å². The van der Waals surface area contributed by atoms with Gasteiger partial charge in [-0.2, -0.15) is 63.5 Å². The third kappa shape index (κ3) is 23.7. The summed E-state index contributed by atoms with van der Waals surface area (Å²) in [5, 5.41) is 3.13. The van der Waals surface area contributed by atoms with E-state index in [1.54, 1.807) is 92.1 Å². The highest BCUT2D eigenvalue weighted by Gasteiger charge is 2.34. The van der Waals surface area contributed by atoms with E-state index in [0.717, 1.165) is 11.0 Å². The minimum Gasteiger partial charge on any atom is -0.439 e. The highest BCUT2D eigenvalue weighted by molar-refractivity contribution is 7.87. The number of rotatable bonds is 42. The monoisotopic (exact) mass is 1700 g/mol. The second-order valence-corrected chi connectivity index (χ2v) is 38.3. The molecule has 0 spiro atoms. The topological polar surface area (TPSA) is 493 Å². The van der Waals surface area contributed by atoms with Crippen LogP contribution in [0.25, 0.3) is 66.4 Å². The van der Waals surface area contributed by atoms with Crippen LogP contribution in [0.3, 0.4) is 0 Å². The maximum atomic E-state index is 12.6. The molecule has 10 rings (SSSR count). The average Bonchev–Trinajstić information content (AvgIpc) is 1.59. The van der Waals surface area contributed by atoms with Crippen molar-refractivity contribution < 1.29 is 124 Å². The molecule has 1 saturated heterocycles. The number of hydrogen-bond donors (Lipinski definition) is 7. The van der Waals surface area contributed by atoms with E-state index in [1.165, 1.54) is 0 Å². The lowest BCUT2D eigenvalue weighted by Crippen LogP contribution is -2.36. The van der Waals surface area contributed by atoms with E-state index in [1.807, 2.05) is 64.5 Å². The maximum absolute atomic E-state index is 12.6. The number of carbonyl (C=O) groups is 3. The lowest BCUT2D eigenvalue weighted by molar-refractivity contribution is -0.677. The molecule has 2 aliphatic heterocycles. The van der Waals surface area contributed by atoms with Crippen LogP contribution in [0.4, 0.5) is 22.7 Å². The first-order chi connectivity index (χ1) is 52.4. The second kappa shape index (κ2) is 35.4. The molecule has 1 fully saturated rings. The zero-order chi connectivity index (χ0) is 81.5. The lowest BCUT2D eigenvalue weighted by atomic mass is 10.0. The lowest BCUT2D eigenvalue weighted by Gasteiger charge is -2.25. The fourth-order valence-electron chi connectivity index (χ4n) is 13.8. The predicted molar refractivity (Wildman–Crippen MR) is 420 cm³/mol. The van der Waals surface area contributed by atoms with Crippen molar-refractivity contribution in [2.24, 2.45) is 14.1 Å². The Morgan fingerprint density at radius 2 is 0.920 bits per heavy atom. The highest BCUT2D eigenvalue weighted by atomic mass is 32.2. The molecule has 3 aromatic heterocycles. The summed E-state index contributed by atoms with van der Waals surface area (Å²) in [6.07, 6.45) is 7.14. The van der Waals surface area contributed by atoms with Crippen molar-refractivity contribution >= 4 is 178 Å². The van der Waals surface area contributed by atoms with Gasteiger partial charge in [0.05, 0.1) is 63.1 Å². The van der Waals surface area contributed by atoms with E-state index in [4.69, 9.17) is 14.0 Å². The van der Waals surface area contributed by atoms with Crippen molar-refractivity contribution in [3.63, 3.8) is 0 Å². The summed E-state index contributed by atoms with van der Waals surface area (Å²) >= 11 is 0. The van der Waals surface area contributed by atoms with E-state index in [2.05, 4.69) is 0 Å². The summed E-state index contributed by atoms with van der Waals surface area (Å²) in [7, 11) is -27.3. The number of aryl methyl sites for hydroxylation is 3. The Balaban J connectivity index is 1.07. The number of imide groups is 1. The van der Waals surface area contributed by atoms with Crippen molar-refractivity contribution in [3.8, 4) is 5.75 Å². The van der Waals surface area contributed by atoms with Gasteiger partial charge in [-0.05, 0) is 135 Å². The Hall–Kier alpha value is -8.63. The van der Waals surface area contributed by atoms with E-state index < -0.39 is 129 Å². The van der Waals surface area contributed by atoms with Gasteiger partial charge < -0.3 is 42.7 Å². The molecule has 2 aliphatic rings. The molecule has 0 saturated carbocycles. The van der Waals surface area contributed by atoms with Crippen molar-refractivity contribution in [3.05, 3.63) is 120 Å². The van der Waals surface area contributed by atoms with Gasteiger partial charge in [0.15, 0.2) is 12.3 Å². The molecule has 42 heteroatoms. The summed E-state index contributed by atoms with van der Waals surface area (Å²) in [4.78, 5) is 48.8. The third-order valence-corrected chi connectivity index (χ3v) is 24.6. The number of oxazole rings is 1. The molecule has 2 amide bonds. The zero-order valence-electron chi connectivity index (χ0n) is 60.9. The van der Waals surface area contributed by atoms with Gasteiger partial charge in [0, 0.05) is 153 Å². The van der Waals surface area contributed by atoms with Gasteiger partial charge in [0.25, 0.3) is 88.2 Å². The van der Waals surface area contributed by atoms with Gasteiger partial charge in [-0.25, -0.2) is 4.79 Å². The largest absolute Gasteiger partial charge is 0.439 e. The van der Waals surface area contributed by atoms with Crippen LogP contribution < -0.4 is 28.9 Å². The third-order valence-electron chi connectivity index (χ3n) is 19.0. The predicted octanol–water partition coefficient (Wildman–Crippen LogP) is 7.38. The maximum Gasteiger partial charge on any atom is 0.374 e. The molecule has 5 heterocycles. The van der Waals surface area contributed by atoms with Crippen molar-refractivity contribution in [2.45, 2.75) is 90.0 Å². The molecule has 0 bridgehead atoms. The summed E-state index contributed by atoms with van der Waals surface area (Å²) in [5.74, 6) is -5.60. The first-order valence-electron chi connectivity index (χ1n) is 35.5. The number of allylic oxidation sites excluding steroid dienone is 4. The van der Waals surface area contributed by atoms with Crippen LogP contribution in [0.5, 0.6) is 5.75 Å². The molecular weight excluding hydrogens is 1610 g/mol. The molecule has 8 aromatic rings. The number of amides is 2. The number of hydroxylamine groups is 2. The molecular formula is C70H87N8O27S7+. The summed E-state index contributed by atoms with van der Waals surface area (Å²) in [6, 6.07) is 25.0. The van der Waals surface area contributed by atoms with E-state index in [0.29, 0.717) is 114 Å². The fraction of sp³-hybridized carbons (Fsp3) is 0.429. The van der Waals surface area contributed by atoms with Crippen LogP contribution >= 0.6 is 0 Å². The number of anilines is 4. The van der Waals surface area contributed by atoms with Gasteiger partial charge in [0.1, 0.15) is 0 Å². The fourth-order valence-corrected chi connectivity index (χ4v) is 17.2. The smallest absolute Gasteiger partial charge is 0.374 e. The Bertz CT molecular complexity index is 5770. The molecule has 112 heavy (non-hydrogen) atoms. The van der Waals surface area contributed by atoms with E-state index in [-0.39, 0.29) is 122 Å². The summed E-state index contributed by atoms with van der Waals surface area (Å²) in [6.45, 7) is 0.586. The van der Waals surface area contributed by atoms with Crippen LogP contribution in [0.2, 0.25) is 0 Å². The molecule has 0 unspecified atom stereocenters. The SMILES string of the molecule is Cn1c2ccc(N(CCCS(=O)(=O)O)CCCS(=O)(=O)O)cc2c2cc3c(cc21)O/C(=C/C=C(\C=C\c1oc2cc4c(cc2[n+]1CCCS(=O)(=O)O)c1cc(N(CCCS(=O)(=O)O)CCCS(=O)(=O)O)ccc1n4C)c1ccc(N(CCCCCC(=O)ON2C(=O)CCC2=O)CCCS(=O)(=O)O)cc1)N3CCCS(=O)(=O)O. The van der Waals surface area contributed by atoms with E-state index >= 15 is 0 Å². The molecule has 0 aliphatic carbocycles. The van der Waals surface area contributed by atoms with Crippen LogP contribution in [0, 0.1) is 0 Å². The number of nitrogens with zero attached hydrogens (tertiary/aromatic N) is 8. The zero-order valence-corrected chi connectivity index (χ0v) is 66.6. The Morgan fingerprint density at radius 1 is 0.491 bits per heavy atom. The number of unbranched alkanes of at least 4 members (excludes halogenated alkanes) is 2. The average molecular weight is 1700 g/mol. The molecule has 0 radical (unpaired) electrons. The molecule has 7 N–H and O–H groups in total. The Labute approximate surface area is 647 Å². The highest BCUT2D eigenvalue weighted by Crippen LogP contribution is 2.45. The first-order valence-corrected chi connectivity index (χ1v) is 46.8. The van der Waals surface area contributed by atoms with Crippen LogP contribution in [0.15, 0.2) is 113 Å². The van der Waals surface area contributed by atoms with Crippen LogP contribution in [-0.2, 0) is 111 Å². The molecule has 5 aromatic carbocycles.